The van der Waals surface area contributed by atoms with Crippen LogP contribution < -0.4 is 0 Å². The van der Waals surface area contributed by atoms with Gasteiger partial charge in [0.2, 0.25) is 0 Å². The van der Waals surface area contributed by atoms with Crippen LogP contribution >= 0.6 is 0 Å². The number of carbonyl (C=O) groups excluding carboxylic acids is 2. The summed E-state index contributed by atoms with van der Waals surface area (Å²) in [5, 5.41) is 21.5. The number of hydrogen-bond acceptors (Lipinski definition) is 4. The van der Waals surface area contributed by atoms with Crippen molar-refractivity contribution < 1.29 is 19.8 Å². The van der Waals surface area contributed by atoms with Crippen molar-refractivity contribution in [3.63, 3.8) is 0 Å². The molecule has 4 heteroatoms. The van der Waals surface area contributed by atoms with Gasteiger partial charge in [-0.05, 0) is 206 Å². The predicted molar refractivity (Wildman–Crippen MR) is 202 cm³/mol. The van der Waals surface area contributed by atoms with Gasteiger partial charge in [0.25, 0.3) is 0 Å². The lowest BCUT2D eigenvalue weighted by Crippen LogP contribution is -2.52. The molecule has 0 bridgehead atoms. The zero-order valence-electron chi connectivity index (χ0n) is 33.4. The number of hydrogen-bond donors (Lipinski definition) is 2. The van der Waals surface area contributed by atoms with Crippen molar-refractivity contribution in [2.45, 2.75) is 189 Å². The van der Waals surface area contributed by atoms with E-state index in [1.807, 2.05) is 20.8 Å². The smallest absolute Gasteiger partial charge is 0.133 e. The van der Waals surface area contributed by atoms with E-state index in [1.54, 1.807) is 5.57 Å². The fraction of sp³-hybridized carbons (Fsp3) is 0.913. The minimum Gasteiger partial charge on any atom is -0.390 e. The van der Waals surface area contributed by atoms with E-state index in [-0.39, 0.29) is 16.2 Å². The molecule has 0 aromatic carbocycles. The molecular formula is C46H74O4. The van der Waals surface area contributed by atoms with E-state index >= 15 is 0 Å². The van der Waals surface area contributed by atoms with Gasteiger partial charge in [-0.3, -0.25) is 9.59 Å². The molecule has 0 saturated heterocycles. The number of Topliss-reactive ketones (excluding diaryl/α,β-unsaturated/α-hetero) is 2. The molecule has 0 aromatic rings. The van der Waals surface area contributed by atoms with Crippen molar-refractivity contribution in [1.82, 2.24) is 0 Å². The normalized spacial score (nSPS) is 54.0. The summed E-state index contributed by atoms with van der Waals surface area (Å²) in [5.41, 5.74) is 1.77. The van der Waals surface area contributed by atoms with Crippen LogP contribution in [0.3, 0.4) is 0 Å². The third-order valence-electron chi connectivity index (χ3n) is 18.8. The fourth-order valence-electron chi connectivity index (χ4n) is 16.2. The third-order valence-corrected chi connectivity index (χ3v) is 18.8. The Hall–Kier alpha value is -1.00. The van der Waals surface area contributed by atoms with Crippen LogP contribution in [0.25, 0.3) is 0 Å². The van der Waals surface area contributed by atoms with E-state index in [4.69, 9.17) is 0 Å². The lowest BCUT2D eigenvalue weighted by molar-refractivity contribution is -0.132. The van der Waals surface area contributed by atoms with Crippen LogP contribution in [0, 0.1) is 74.9 Å². The first-order valence-electron chi connectivity index (χ1n) is 21.5. The number of ketones is 2. The van der Waals surface area contributed by atoms with Crippen LogP contribution in [0.15, 0.2) is 11.6 Å². The SMILES string of the molecule is CC(=O)[C@H]1CC[C@H]2[C@@H]3CC=C4C[C@](C)(O)CCC[C@]4(C)[C@H]3CC[C@]12C.CC(=O)[C@H]1CC[C@H]2[C@@H]3CC[C@H]4C[C@](C)(O)CCC[C@]4(C)[C@H]3CC[C@]12C. The number of rotatable bonds is 2. The van der Waals surface area contributed by atoms with Crippen molar-refractivity contribution in [3.8, 4) is 0 Å². The van der Waals surface area contributed by atoms with Crippen molar-refractivity contribution in [2.75, 3.05) is 0 Å². The molecular weight excluding hydrogens is 617 g/mol. The number of fused-ring (bicyclic) bond motifs is 10. The van der Waals surface area contributed by atoms with Crippen LogP contribution in [-0.2, 0) is 9.59 Å². The van der Waals surface area contributed by atoms with Crippen LogP contribution in [0.1, 0.15) is 177 Å². The second-order valence-electron chi connectivity index (χ2n) is 21.6. The number of carbonyl (C=O) groups is 2. The largest absolute Gasteiger partial charge is 0.390 e. The molecule has 0 radical (unpaired) electrons. The van der Waals surface area contributed by atoms with Gasteiger partial charge in [0.05, 0.1) is 11.2 Å². The van der Waals surface area contributed by atoms with E-state index in [1.165, 1.54) is 77.0 Å². The maximum absolute atomic E-state index is 12.2. The first-order valence-corrected chi connectivity index (χ1v) is 21.5. The van der Waals surface area contributed by atoms with Gasteiger partial charge in [-0.2, -0.15) is 0 Å². The molecule has 8 aliphatic rings. The van der Waals surface area contributed by atoms with Crippen molar-refractivity contribution in [1.29, 1.82) is 0 Å². The molecule has 0 aromatic heterocycles. The third kappa shape index (κ3) is 5.98. The second-order valence-corrected chi connectivity index (χ2v) is 21.6. The summed E-state index contributed by atoms with van der Waals surface area (Å²) in [6.45, 7) is 17.7. The highest BCUT2D eigenvalue weighted by Crippen LogP contribution is 2.68. The standard InChI is InChI=1S/C23H38O2.C23H36O2/c2*1-15(24)18-8-9-19-17-7-6-16-14-21(2,25)11-5-12-22(16,3)20(17)10-13-23(18,19)4/h16-20,25H,5-14H2,1-4H3;6,17-20,25H,5,7-14H2,1-4H3/t16-,17-,18+,19-,20-,21+,22-,23+;17-,18+,19-,20-,21+,22-,23+/m00/s1. The van der Waals surface area contributed by atoms with Crippen molar-refractivity contribution >= 4 is 11.6 Å². The van der Waals surface area contributed by atoms with Gasteiger partial charge >= 0.3 is 0 Å². The van der Waals surface area contributed by atoms with Gasteiger partial charge in [-0.25, -0.2) is 0 Å². The predicted octanol–water partition coefficient (Wildman–Crippen LogP) is 10.7. The van der Waals surface area contributed by atoms with Gasteiger partial charge < -0.3 is 10.2 Å². The molecule has 0 aliphatic heterocycles. The molecule has 0 amide bonds. The van der Waals surface area contributed by atoms with Crippen LogP contribution in [0.4, 0.5) is 0 Å². The summed E-state index contributed by atoms with van der Waals surface area (Å²) in [7, 11) is 0. The number of allylic oxidation sites excluding steroid dienone is 1. The Morgan fingerprint density at radius 1 is 0.580 bits per heavy atom. The van der Waals surface area contributed by atoms with Gasteiger partial charge in [0, 0.05) is 11.8 Å². The Kier molecular flexibility index (Phi) is 9.56. The Morgan fingerprint density at radius 3 is 1.74 bits per heavy atom. The van der Waals surface area contributed by atoms with Gasteiger partial charge in [0.1, 0.15) is 11.6 Å². The van der Waals surface area contributed by atoms with E-state index in [2.05, 4.69) is 40.7 Å². The average Bonchev–Trinajstić information content (AvgIpc) is 3.49. The zero-order valence-corrected chi connectivity index (χ0v) is 33.4. The van der Waals surface area contributed by atoms with E-state index < -0.39 is 11.2 Å². The first kappa shape index (κ1) is 37.3. The first-order chi connectivity index (χ1) is 23.3. The topological polar surface area (TPSA) is 74.6 Å². The molecule has 8 rings (SSSR count). The summed E-state index contributed by atoms with van der Waals surface area (Å²) < 4.78 is 0. The Morgan fingerprint density at radius 2 is 1.12 bits per heavy atom. The van der Waals surface area contributed by atoms with Crippen molar-refractivity contribution in [2.24, 2.45) is 74.9 Å². The maximum atomic E-state index is 12.2. The highest BCUT2D eigenvalue weighted by atomic mass is 16.3. The lowest BCUT2D eigenvalue weighted by Gasteiger charge is -2.59. The average molecular weight is 691 g/mol. The minimum absolute atomic E-state index is 0.241. The molecule has 4 nitrogen and oxygen atoms in total. The van der Waals surface area contributed by atoms with Crippen molar-refractivity contribution in [3.05, 3.63) is 11.6 Å². The molecule has 282 valence electrons. The molecule has 50 heavy (non-hydrogen) atoms. The Bertz CT molecular complexity index is 1360. The molecule has 8 aliphatic carbocycles. The summed E-state index contributed by atoms with van der Waals surface area (Å²) in [5.74, 6) is 6.81. The van der Waals surface area contributed by atoms with Crippen LogP contribution in [0.5, 0.6) is 0 Å². The molecule has 7 saturated carbocycles. The zero-order chi connectivity index (χ0) is 36.1. The fourth-order valence-corrected chi connectivity index (χ4v) is 16.2. The molecule has 0 unspecified atom stereocenters. The molecule has 0 heterocycles. The Balaban J connectivity index is 0.000000157. The quantitative estimate of drug-likeness (QED) is 0.283. The monoisotopic (exact) mass is 691 g/mol. The highest BCUT2D eigenvalue weighted by Gasteiger charge is 2.62. The second kappa shape index (κ2) is 12.8. The van der Waals surface area contributed by atoms with Gasteiger partial charge in [-0.15, -0.1) is 0 Å². The van der Waals surface area contributed by atoms with Gasteiger partial charge in [0.15, 0.2) is 0 Å². The summed E-state index contributed by atoms with van der Waals surface area (Å²) in [6, 6.07) is 0. The van der Waals surface area contributed by atoms with E-state index in [9.17, 15) is 19.8 Å². The minimum atomic E-state index is -0.521. The molecule has 2 N–H and O–H groups in total. The Labute approximate surface area is 305 Å². The van der Waals surface area contributed by atoms with E-state index in [0.29, 0.717) is 34.7 Å². The lowest BCUT2D eigenvalue weighted by atomic mass is 9.46. The van der Waals surface area contributed by atoms with E-state index in [0.717, 1.165) is 80.5 Å². The molecule has 7 fully saturated rings. The van der Waals surface area contributed by atoms with Crippen LogP contribution in [0.2, 0.25) is 0 Å². The molecule has 0 spiro atoms. The maximum Gasteiger partial charge on any atom is 0.133 e. The van der Waals surface area contributed by atoms with Crippen LogP contribution in [-0.4, -0.2) is 33.0 Å². The van der Waals surface area contributed by atoms with Gasteiger partial charge in [-0.1, -0.05) is 45.8 Å². The number of aliphatic hydroxyl groups is 2. The summed E-state index contributed by atoms with van der Waals surface area (Å²) in [4.78, 5) is 24.5. The summed E-state index contributed by atoms with van der Waals surface area (Å²) in [6.07, 6.45) is 24.8. The highest BCUT2D eigenvalue weighted by molar-refractivity contribution is 5.80. The summed E-state index contributed by atoms with van der Waals surface area (Å²) >= 11 is 0. The molecule has 15 atom stereocenters.